The van der Waals surface area contributed by atoms with E-state index in [0.29, 0.717) is 22.4 Å². The maximum absolute atomic E-state index is 12.5. The molecule has 0 saturated heterocycles. The molecule has 1 aliphatic heterocycles. The number of hydrogen-bond donors (Lipinski definition) is 1. The molecule has 0 saturated carbocycles. The second kappa shape index (κ2) is 6.52. The molecule has 0 aliphatic carbocycles. The first-order chi connectivity index (χ1) is 11.9. The topological polar surface area (TPSA) is 84.8 Å². The lowest BCUT2D eigenvalue weighted by Gasteiger charge is -2.10. The summed E-state index contributed by atoms with van der Waals surface area (Å²) in [6.07, 6.45) is 0. The van der Waals surface area contributed by atoms with Crippen molar-refractivity contribution in [2.24, 2.45) is 4.40 Å². The van der Waals surface area contributed by atoms with Crippen LogP contribution in [-0.4, -0.2) is 27.3 Å². The quantitative estimate of drug-likeness (QED) is 0.855. The standard InChI is InChI=1S/C18H16N2O4S/c1-12-16(13-8-4-3-5-9-13)25(22,23)20-17(12)19-15-11-7-6-10-14(15)18(21)24-2/h3-11H,1-2H3,(H,19,20). The maximum Gasteiger partial charge on any atom is 0.339 e. The minimum Gasteiger partial charge on any atom is -0.465 e. The van der Waals surface area contributed by atoms with Crippen LogP contribution < -0.4 is 5.32 Å². The maximum atomic E-state index is 12.5. The number of rotatable bonds is 3. The first kappa shape index (κ1) is 16.9. The summed E-state index contributed by atoms with van der Waals surface area (Å²) in [5.41, 5.74) is 1.79. The molecule has 1 N–H and O–H groups in total. The number of ether oxygens (including phenoxy) is 1. The van der Waals surface area contributed by atoms with Crippen LogP contribution in [0.2, 0.25) is 0 Å². The second-order valence-corrected chi connectivity index (χ2v) is 6.94. The predicted octanol–water partition coefficient (Wildman–Crippen LogP) is 3.06. The highest BCUT2D eigenvalue weighted by atomic mass is 32.2. The number of carbonyl (C=O) groups excluding carboxylic acids is 1. The molecule has 128 valence electrons. The van der Waals surface area contributed by atoms with Gasteiger partial charge in [0.05, 0.1) is 18.4 Å². The van der Waals surface area contributed by atoms with E-state index in [1.54, 1.807) is 55.5 Å². The van der Waals surface area contributed by atoms with Gasteiger partial charge in [0.1, 0.15) is 10.7 Å². The van der Waals surface area contributed by atoms with Gasteiger partial charge < -0.3 is 10.1 Å². The van der Waals surface area contributed by atoms with E-state index >= 15 is 0 Å². The number of nitrogens with one attached hydrogen (secondary N) is 1. The lowest BCUT2D eigenvalue weighted by Crippen LogP contribution is -2.15. The van der Waals surface area contributed by atoms with Crippen LogP contribution in [0.15, 0.2) is 64.6 Å². The van der Waals surface area contributed by atoms with Crippen molar-refractivity contribution in [3.8, 4) is 0 Å². The summed E-state index contributed by atoms with van der Waals surface area (Å²) in [4.78, 5) is 12.0. The third-order valence-electron chi connectivity index (χ3n) is 3.79. The Hall–Kier alpha value is -2.93. The van der Waals surface area contributed by atoms with Crippen molar-refractivity contribution in [3.63, 3.8) is 0 Å². The molecule has 0 amide bonds. The summed E-state index contributed by atoms with van der Waals surface area (Å²) in [5.74, 6) is -0.329. The number of nitrogens with zero attached hydrogens (tertiary/aromatic N) is 1. The van der Waals surface area contributed by atoms with E-state index in [1.165, 1.54) is 7.11 Å². The number of amidine groups is 1. The smallest absolute Gasteiger partial charge is 0.339 e. The van der Waals surface area contributed by atoms with Crippen molar-refractivity contribution >= 4 is 32.4 Å². The number of carbonyl (C=O) groups is 1. The van der Waals surface area contributed by atoms with Gasteiger partial charge in [-0.2, -0.15) is 8.42 Å². The monoisotopic (exact) mass is 356 g/mol. The Kier molecular flexibility index (Phi) is 4.41. The van der Waals surface area contributed by atoms with Gasteiger partial charge in [-0.3, -0.25) is 0 Å². The molecule has 0 atom stereocenters. The molecule has 0 bridgehead atoms. The molecule has 6 nitrogen and oxygen atoms in total. The van der Waals surface area contributed by atoms with Crippen LogP contribution in [0.3, 0.4) is 0 Å². The fourth-order valence-electron chi connectivity index (χ4n) is 2.61. The zero-order chi connectivity index (χ0) is 18.0. The van der Waals surface area contributed by atoms with Crippen molar-refractivity contribution in [1.29, 1.82) is 0 Å². The number of methoxy groups -OCH3 is 1. The summed E-state index contributed by atoms with van der Waals surface area (Å²) in [6, 6.07) is 15.5. The molecule has 1 heterocycles. The van der Waals surface area contributed by atoms with Gasteiger partial charge in [0.2, 0.25) is 0 Å². The summed E-state index contributed by atoms with van der Waals surface area (Å²) in [6.45, 7) is 1.68. The number of sulfonamides is 1. The molecule has 0 spiro atoms. The predicted molar refractivity (Wildman–Crippen MR) is 96.8 cm³/mol. The average molecular weight is 356 g/mol. The van der Waals surface area contributed by atoms with Crippen molar-refractivity contribution in [1.82, 2.24) is 0 Å². The molecule has 7 heteroatoms. The minimum atomic E-state index is -3.81. The van der Waals surface area contributed by atoms with Crippen LogP contribution in [0.5, 0.6) is 0 Å². The number of benzene rings is 2. The van der Waals surface area contributed by atoms with Gasteiger partial charge in [0.25, 0.3) is 10.0 Å². The molecule has 0 radical (unpaired) electrons. The molecule has 0 fully saturated rings. The Morgan fingerprint density at radius 2 is 1.68 bits per heavy atom. The summed E-state index contributed by atoms with van der Waals surface area (Å²) in [7, 11) is -2.52. The van der Waals surface area contributed by atoms with Gasteiger partial charge in [0, 0.05) is 5.57 Å². The molecule has 2 aromatic rings. The first-order valence-corrected chi connectivity index (χ1v) is 8.94. The molecule has 3 rings (SSSR count). The zero-order valence-corrected chi connectivity index (χ0v) is 14.5. The van der Waals surface area contributed by atoms with Crippen molar-refractivity contribution in [3.05, 3.63) is 71.3 Å². The molecular weight excluding hydrogens is 340 g/mol. The largest absolute Gasteiger partial charge is 0.465 e. The first-order valence-electron chi connectivity index (χ1n) is 7.50. The van der Waals surface area contributed by atoms with Crippen LogP contribution in [0, 0.1) is 0 Å². The van der Waals surface area contributed by atoms with E-state index in [0.717, 1.165) is 0 Å². The number of para-hydroxylation sites is 1. The lowest BCUT2D eigenvalue weighted by molar-refractivity contribution is 0.0602. The fraction of sp³-hybridized carbons (Fsp3) is 0.111. The fourth-order valence-corrected chi connectivity index (χ4v) is 4.05. The molecule has 2 aromatic carbocycles. The highest BCUT2D eigenvalue weighted by Gasteiger charge is 2.31. The van der Waals surface area contributed by atoms with Crippen molar-refractivity contribution < 1.29 is 17.9 Å². The van der Waals surface area contributed by atoms with Crippen molar-refractivity contribution in [2.75, 3.05) is 12.4 Å². The average Bonchev–Trinajstić information content (AvgIpc) is 2.84. The number of anilines is 1. The molecule has 25 heavy (non-hydrogen) atoms. The van der Waals surface area contributed by atoms with Gasteiger partial charge in [-0.05, 0) is 24.6 Å². The van der Waals surface area contributed by atoms with Crippen LogP contribution in [-0.2, 0) is 14.8 Å². The van der Waals surface area contributed by atoms with E-state index < -0.39 is 16.0 Å². The SMILES string of the molecule is COC(=O)c1ccccc1NC1=NS(=O)(=O)C(c2ccccc2)=C1C. The number of esters is 1. The Morgan fingerprint density at radius 3 is 2.36 bits per heavy atom. The van der Waals surface area contributed by atoms with Gasteiger partial charge in [-0.15, -0.1) is 4.40 Å². The zero-order valence-electron chi connectivity index (χ0n) is 13.7. The van der Waals surface area contributed by atoms with E-state index in [2.05, 4.69) is 9.71 Å². The number of hydrogen-bond acceptors (Lipinski definition) is 5. The highest BCUT2D eigenvalue weighted by Crippen LogP contribution is 2.33. The van der Waals surface area contributed by atoms with Gasteiger partial charge in [0.15, 0.2) is 0 Å². The van der Waals surface area contributed by atoms with Gasteiger partial charge in [-0.25, -0.2) is 4.79 Å². The third kappa shape index (κ3) is 3.18. The summed E-state index contributed by atoms with van der Waals surface area (Å²) in [5, 5.41) is 2.94. The highest BCUT2D eigenvalue weighted by molar-refractivity contribution is 8.00. The van der Waals surface area contributed by atoms with E-state index in [-0.39, 0.29) is 10.7 Å². The molecular formula is C18H16N2O4S. The molecule has 0 unspecified atom stereocenters. The van der Waals surface area contributed by atoms with Gasteiger partial charge >= 0.3 is 5.97 Å². The molecule has 0 aromatic heterocycles. The minimum absolute atomic E-state index is 0.158. The summed E-state index contributed by atoms with van der Waals surface area (Å²) >= 11 is 0. The van der Waals surface area contributed by atoms with Crippen LogP contribution in [0.1, 0.15) is 22.8 Å². The Labute approximate surface area is 145 Å². The Morgan fingerprint density at radius 1 is 1.04 bits per heavy atom. The third-order valence-corrected chi connectivity index (χ3v) is 5.27. The van der Waals surface area contributed by atoms with E-state index in [1.807, 2.05) is 6.07 Å². The Balaban J connectivity index is 2.03. The van der Waals surface area contributed by atoms with Crippen LogP contribution in [0.25, 0.3) is 4.91 Å². The lowest BCUT2D eigenvalue weighted by atomic mass is 10.1. The van der Waals surface area contributed by atoms with Crippen LogP contribution >= 0.6 is 0 Å². The van der Waals surface area contributed by atoms with Gasteiger partial charge in [-0.1, -0.05) is 42.5 Å². The van der Waals surface area contributed by atoms with E-state index in [9.17, 15) is 13.2 Å². The molecule has 1 aliphatic rings. The Bertz CT molecular complexity index is 993. The van der Waals surface area contributed by atoms with E-state index in [4.69, 9.17) is 4.74 Å². The van der Waals surface area contributed by atoms with Crippen molar-refractivity contribution in [2.45, 2.75) is 6.92 Å². The normalized spacial score (nSPS) is 15.7. The summed E-state index contributed by atoms with van der Waals surface area (Å²) < 4.78 is 33.5. The second-order valence-electron chi connectivity index (χ2n) is 5.40. The van der Waals surface area contributed by atoms with Crippen LogP contribution in [0.4, 0.5) is 5.69 Å².